The van der Waals surface area contributed by atoms with Crippen LogP contribution in [0.4, 0.5) is 0 Å². The lowest BCUT2D eigenvalue weighted by Gasteiger charge is -2.07. The smallest absolute Gasteiger partial charge is 0.191 e. The fourth-order valence-corrected chi connectivity index (χ4v) is 2.48. The molecule has 17 heavy (non-hydrogen) atoms. The average Bonchev–Trinajstić information content (AvgIpc) is 3.10. The SMILES string of the molecule is NCc1nnc(SCCOCCO)n1C1CC1. The van der Waals surface area contributed by atoms with Crippen LogP contribution in [0.3, 0.4) is 0 Å². The van der Waals surface area contributed by atoms with Gasteiger partial charge in [0.25, 0.3) is 0 Å². The van der Waals surface area contributed by atoms with Gasteiger partial charge in [-0.25, -0.2) is 0 Å². The van der Waals surface area contributed by atoms with Crippen molar-refractivity contribution in [2.24, 2.45) is 5.73 Å². The van der Waals surface area contributed by atoms with E-state index >= 15 is 0 Å². The fourth-order valence-electron chi connectivity index (χ4n) is 1.60. The normalized spacial score (nSPS) is 15.4. The third-order valence-corrected chi connectivity index (χ3v) is 3.43. The summed E-state index contributed by atoms with van der Waals surface area (Å²) in [5.41, 5.74) is 5.64. The van der Waals surface area contributed by atoms with Crippen molar-refractivity contribution in [2.75, 3.05) is 25.6 Å². The van der Waals surface area contributed by atoms with Gasteiger partial charge in [0.2, 0.25) is 0 Å². The van der Waals surface area contributed by atoms with E-state index in [9.17, 15) is 0 Å². The van der Waals surface area contributed by atoms with Gasteiger partial charge in [0.1, 0.15) is 5.82 Å². The summed E-state index contributed by atoms with van der Waals surface area (Å²) < 4.78 is 7.35. The summed E-state index contributed by atoms with van der Waals surface area (Å²) in [6, 6.07) is 0.546. The molecule has 0 spiro atoms. The molecule has 1 saturated carbocycles. The zero-order chi connectivity index (χ0) is 12.1. The summed E-state index contributed by atoms with van der Waals surface area (Å²) in [6.45, 7) is 1.51. The van der Waals surface area contributed by atoms with Crippen LogP contribution in [0.15, 0.2) is 5.16 Å². The van der Waals surface area contributed by atoms with Crippen molar-refractivity contribution < 1.29 is 9.84 Å². The second-order valence-corrected chi connectivity index (χ2v) is 4.95. The number of aliphatic hydroxyl groups is 1. The highest BCUT2D eigenvalue weighted by atomic mass is 32.2. The van der Waals surface area contributed by atoms with Gasteiger partial charge in [0, 0.05) is 11.8 Å². The Kier molecular flexibility index (Phi) is 4.78. The maximum Gasteiger partial charge on any atom is 0.191 e. The van der Waals surface area contributed by atoms with Crippen LogP contribution in [0.1, 0.15) is 24.7 Å². The summed E-state index contributed by atoms with van der Waals surface area (Å²) in [7, 11) is 0. The number of hydrogen-bond donors (Lipinski definition) is 2. The minimum absolute atomic E-state index is 0.0697. The Bertz CT molecular complexity index is 354. The maximum atomic E-state index is 8.57. The second-order valence-electron chi connectivity index (χ2n) is 3.89. The quantitative estimate of drug-likeness (QED) is 0.511. The molecule has 7 heteroatoms. The molecule has 1 heterocycles. The van der Waals surface area contributed by atoms with Crippen molar-refractivity contribution in [3.05, 3.63) is 5.82 Å². The van der Waals surface area contributed by atoms with E-state index in [-0.39, 0.29) is 6.61 Å². The van der Waals surface area contributed by atoms with Gasteiger partial charge in [0.15, 0.2) is 5.16 Å². The maximum absolute atomic E-state index is 8.57. The molecular weight excluding hydrogens is 240 g/mol. The van der Waals surface area contributed by atoms with Gasteiger partial charge in [0.05, 0.1) is 26.4 Å². The van der Waals surface area contributed by atoms with Gasteiger partial charge in [-0.15, -0.1) is 10.2 Å². The number of hydrogen-bond acceptors (Lipinski definition) is 6. The number of ether oxygens (including phenoxy) is 1. The lowest BCUT2D eigenvalue weighted by molar-refractivity contribution is 0.103. The van der Waals surface area contributed by atoms with Crippen LogP contribution in [0, 0.1) is 0 Å². The van der Waals surface area contributed by atoms with Crippen LogP contribution in [-0.2, 0) is 11.3 Å². The molecule has 2 rings (SSSR count). The second kappa shape index (κ2) is 6.34. The van der Waals surface area contributed by atoms with Gasteiger partial charge in [-0.05, 0) is 12.8 Å². The highest BCUT2D eigenvalue weighted by molar-refractivity contribution is 7.99. The molecule has 1 aliphatic rings. The van der Waals surface area contributed by atoms with Crippen LogP contribution >= 0.6 is 11.8 Å². The number of nitrogens with zero attached hydrogens (tertiary/aromatic N) is 3. The van der Waals surface area contributed by atoms with Crippen molar-refractivity contribution in [1.29, 1.82) is 0 Å². The average molecular weight is 258 g/mol. The number of aliphatic hydroxyl groups excluding tert-OH is 1. The minimum Gasteiger partial charge on any atom is -0.394 e. The fraction of sp³-hybridized carbons (Fsp3) is 0.800. The van der Waals surface area contributed by atoms with E-state index < -0.39 is 0 Å². The third-order valence-electron chi connectivity index (χ3n) is 2.52. The minimum atomic E-state index is 0.0697. The van der Waals surface area contributed by atoms with Gasteiger partial charge in [-0.3, -0.25) is 0 Å². The predicted molar refractivity (Wildman–Crippen MR) is 64.8 cm³/mol. The molecule has 0 aromatic carbocycles. The van der Waals surface area contributed by atoms with Crippen molar-refractivity contribution in [3.63, 3.8) is 0 Å². The summed E-state index contributed by atoms with van der Waals surface area (Å²) in [4.78, 5) is 0. The molecule has 1 aromatic heterocycles. The Labute approximate surface area is 105 Å². The molecule has 96 valence electrons. The molecule has 3 N–H and O–H groups in total. The van der Waals surface area contributed by atoms with Crippen LogP contribution in [0.5, 0.6) is 0 Å². The molecule has 1 aliphatic carbocycles. The van der Waals surface area contributed by atoms with Crippen LogP contribution < -0.4 is 5.73 Å². The van der Waals surface area contributed by atoms with Gasteiger partial charge in [-0.1, -0.05) is 11.8 Å². The van der Waals surface area contributed by atoms with Gasteiger partial charge < -0.3 is 20.1 Å². The summed E-state index contributed by atoms with van der Waals surface area (Å²) >= 11 is 1.63. The van der Waals surface area contributed by atoms with E-state index in [2.05, 4.69) is 14.8 Å². The van der Waals surface area contributed by atoms with Crippen LogP contribution in [-0.4, -0.2) is 45.4 Å². The molecule has 0 atom stereocenters. The molecular formula is C10H18N4O2S. The topological polar surface area (TPSA) is 86.2 Å². The van der Waals surface area contributed by atoms with Crippen LogP contribution in [0.2, 0.25) is 0 Å². The van der Waals surface area contributed by atoms with E-state index in [4.69, 9.17) is 15.6 Å². The van der Waals surface area contributed by atoms with Crippen LogP contribution in [0.25, 0.3) is 0 Å². The summed E-state index contributed by atoms with van der Waals surface area (Å²) in [5.74, 6) is 1.68. The number of thioether (sulfide) groups is 1. The number of aromatic nitrogens is 3. The number of nitrogens with two attached hydrogens (primary N) is 1. The first-order valence-electron chi connectivity index (χ1n) is 5.82. The van der Waals surface area contributed by atoms with Gasteiger partial charge >= 0.3 is 0 Å². The molecule has 0 saturated heterocycles. The monoisotopic (exact) mass is 258 g/mol. The van der Waals surface area contributed by atoms with E-state index in [1.165, 1.54) is 12.8 Å². The largest absolute Gasteiger partial charge is 0.394 e. The van der Waals surface area contributed by atoms with Gasteiger partial charge in [-0.2, -0.15) is 0 Å². The summed E-state index contributed by atoms with van der Waals surface area (Å²) in [5, 5.41) is 17.8. The molecule has 0 unspecified atom stereocenters. The van der Waals surface area contributed by atoms with E-state index in [0.717, 1.165) is 16.7 Å². The molecule has 0 amide bonds. The Morgan fingerprint density at radius 2 is 2.24 bits per heavy atom. The number of rotatable bonds is 8. The summed E-state index contributed by atoms with van der Waals surface area (Å²) in [6.07, 6.45) is 2.39. The van der Waals surface area contributed by atoms with E-state index in [1.807, 2.05) is 0 Å². The lowest BCUT2D eigenvalue weighted by atomic mass is 10.5. The molecule has 1 aromatic rings. The van der Waals surface area contributed by atoms with E-state index in [1.54, 1.807) is 11.8 Å². The Morgan fingerprint density at radius 1 is 1.41 bits per heavy atom. The Balaban J connectivity index is 1.85. The van der Waals surface area contributed by atoms with Crippen molar-refractivity contribution in [3.8, 4) is 0 Å². The highest BCUT2D eigenvalue weighted by Crippen LogP contribution is 2.38. The van der Waals surface area contributed by atoms with E-state index in [0.29, 0.717) is 25.8 Å². The Hall–Kier alpha value is -0.630. The standard InChI is InChI=1S/C10H18N4O2S/c11-7-9-12-13-10(14(9)8-1-2-8)17-6-5-16-4-3-15/h8,15H,1-7,11H2. The van der Waals surface area contributed by atoms with Crippen molar-refractivity contribution in [1.82, 2.24) is 14.8 Å². The molecule has 6 nitrogen and oxygen atoms in total. The zero-order valence-electron chi connectivity index (χ0n) is 9.71. The predicted octanol–water partition coefficient (Wildman–Crippen LogP) is 0.173. The zero-order valence-corrected chi connectivity index (χ0v) is 10.5. The van der Waals surface area contributed by atoms with Crippen molar-refractivity contribution >= 4 is 11.8 Å². The third kappa shape index (κ3) is 3.41. The molecule has 1 fully saturated rings. The first kappa shape index (κ1) is 12.8. The first-order chi connectivity index (χ1) is 8.36. The highest BCUT2D eigenvalue weighted by Gasteiger charge is 2.28. The Morgan fingerprint density at radius 3 is 2.88 bits per heavy atom. The molecule has 0 radical (unpaired) electrons. The van der Waals surface area contributed by atoms with Crippen molar-refractivity contribution in [2.45, 2.75) is 30.6 Å². The first-order valence-corrected chi connectivity index (χ1v) is 6.80. The molecule has 0 bridgehead atoms. The lowest BCUT2D eigenvalue weighted by Crippen LogP contribution is -2.08. The molecule has 0 aliphatic heterocycles.